The molecule has 0 saturated carbocycles. The third-order valence-corrected chi connectivity index (χ3v) is 5.45. The lowest BCUT2D eigenvalue weighted by atomic mass is 10.1. The second-order valence-corrected chi connectivity index (χ2v) is 7.41. The molecule has 4 rings (SSSR count). The van der Waals surface area contributed by atoms with Crippen molar-refractivity contribution in [1.29, 1.82) is 0 Å². The molecule has 0 unspecified atom stereocenters. The summed E-state index contributed by atoms with van der Waals surface area (Å²) < 4.78 is 11.1. The summed E-state index contributed by atoms with van der Waals surface area (Å²) in [4.78, 5) is 33.3. The Kier molecular flexibility index (Phi) is 5.85. The van der Waals surface area contributed by atoms with Crippen molar-refractivity contribution in [3.63, 3.8) is 0 Å². The van der Waals surface area contributed by atoms with Crippen LogP contribution in [0.25, 0.3) is 0 Å². The van der Waals surface area contributed by atoms with Gasteiger partial charge in [-0.25, -0.2) is 4.98 Å². The van der Waals surface area contributed by atoms with Crippen LogP contribution in [0.1, 0.15) is 34.1 Å². The Bertz CT molecular complexity index is 962. The van der Waals surface area contributed by atoms with Crippen LogP contribution in [0.2, 0.25) is 0 Å². The molecule has 2 aromatic rings. The first-order valence-electron chi connectivity index (χ1n) is 10.1. The van der Waals surface area contributed by atoms with Gasteiger partial charge in [0.15, 0.2) is 0 Å². The maximum absolute atomic E-state index is 12.6. The van der Waals surface area contributed by atoms with Crippen molar-refractivity contribution >= 4 is 11.8 Å². The smallest absolute Gasteiger partial charge is 0.256 e. The lowest BCUT2D eigenvalue weighted by Gasteiger charge is -2.19. The first-order chi connectivity index (χ1) is 14.6. The van der Waals surface area contributed by atoms with Gasteiger partial charge in [-0.1, -0.05) is 18.2 Å². The normalized spacial score (nSPS) is 15.8. The number of nitrogens with one attached hydrogen (secondary N) is 1. The number of para-hydroxylation sites is 1. The number of fused-ring (bicyclic) bond motifs is 2. The largest absolute Gasteiger partial charge is 0.492 e. The quantitative estimate of drug-likeness (QED) is 0.779. The van der Waals surface area contributed by atoms with Gasteiger partial charge in [-0.3, -0.25) is 14.5 Å². The van der Waals surface area contributed by atoms with Gasteiger partial charge in [0.05, 0.1) is 31.5 Å². The summed E-state index contributed by atoms with van der Waals surface area (Å²) in [6.07, 6.45) is 0. The molecule has 2 aliphatic heterocycles. The number of nitrogens with zero attached hydrogens (tertiary/aromatic N) is 3. The van der Waals surface area contributed by atoms with Crippen LogP contribution in [-0.4, -0.2) is 59.9 Å². The van der Waals surface area contributed by atoms with E-state index in [9.17, 15) is 9.59 Å². The SMILES string of the molecule is CCN1Cc2nc(OC)c(CNC(=O)CN3CCOc4ccccc4C3)cc2C1=O. The zero-order valence-corrected chi connectivity index (χ0v) is 17.3. The molecule has 0 fully saturated rings. The van der Waals surface area contributed by atoms with Crippen LogP contribution in [0.3, 0.4) is 0 Å². The summed E-state index contributed by atoms with van der Waals surface area (Å²) in [5.74, 6) is 1.19. The van der Waals surface area contributed by atoms with E-state index in [1.54, 1.807) is 18.1 Å². The zero-order valence-electron chi connectivity index (χ0n) is 17.3. The molecule has 0 bridgehead atoms. The van der Waals surface area contributed by atoms with E-state index in [0.29, 0.717) is 49.8 Å². The maximum Gasteiger partial charge on any atom is 0.256 e. The number of hydrogen-bond donors (Lipinski definition) is 1. The minimum absolute atomic E-state index is 0.0292. The van der Waals surface area contributed by atoms with Gasteiger partial charge in [0, 0.05) is 37.3 Å². The van der Waals surface area contributed by atoms with E-state index in [0.717, 1.165) is 17.0 Å². The summed E-state index contributed by atoms with van der Waals surface area (Å²) >= 11 is 0. The minimum atomic E-state index is -0.0987. The fourth-order valence-electron chi connectivity index (χ4n) is 3.83. The van der Waals surface area contributed by atoms with Crippen LogP contribution in [0.5, 0.6) is 11.6 Å². The molecule has 1 N–H and O–H groups in total. The highest BCUT2D eigenvalue weighted by atomic mass is 16.5. The van der Waals surface area contributed by atoms with Crippen molar-refractivity contribution in [2.45, 2.75) is 26.6 Å². The molecule has 2 amide bonds. The molecular formula is C22H26N4O4. The van der Waals surface area contributed by atoms with Crippen molar-refractivity contribution in [3.05, 3.63) is 52.7 Å². The van der Waals surface area contributed by atoms with Crippen molar-refractivity contribution in [2.24, 2.45) is 0 Å². The van der Waals surface area contributed by atoms with Gasteiger partial charge in [-0.05, 0) is 19.1 Å². The number of carbonyl (C=O) groups excluding carboxylic acids is 2. The van der Waals surface area contributed by atoms with Gasteiger partial charge in [-0.15, -0.1) is 0 Å². The Balaban J connectivity index is 1.40. The topological polar surface area (TPSA) is 84.0 Å². The Morgan fingerprint density at radius 3 is 2.93 bits per heavy atom. The number of pyridine rings is 1. The molecule has 3 heterocycles. The summed E-state index contributed by atoms with van der Waals surface area (Å²) in [6, 6.07) is 9.68. The van der Waals surface area contributed by atoms with Crippen LogP contribution in [-0.2, 0) is 24.4 Å². The highest BCUT2D eigenvalue weighted by Crippen LogP contribution is 2.27. The van der Waals surface area contributed by atoms with Crippen molar-refractivity contribution in [1.82, 2.24) is 20.1 Å². The monoisotopic (exact) mass is 410 g/mol. The van der Waals surface area contributed by atoms with Crippen molar-refractivity contribution in [3.8, 4) is 11.6 Å². The van der Waals surface area contributed by atoms with E-state index in [2.05, 4.69) is 15.2 Å². The van der Waals surface area contributed by atoms with Crippen LogP contribution >= 0.6 is 0 Å². The number of ether oxygens (including phenoxy) is 2. The number of rotatable bonds is 6. The van der Waals surface area contributed by atoms with E-state index < -0.39 is 0 Å². The van der Waals surface area contributed by atoms with Crippen molar-refractivity contribution < 1.29 is 19.1 Å². The predicted octanol–water partition coefficient (Wildman–Crippen LogP) is 1.58. The highest BCUT2D eigenvalue weighted by Gasteiger charge is 2.29. The second kappa shape index (κ2) is 8.71. The fourth-order valence-corrected chi connectivity index (χ4v) is 3.83. The molecule has 8 nitrogen and oxygen atoms in total. The average molecular weight is 410 g/mol. The molecule has 0 atom stereocenters. The molecule has 0 spiro atoms. The van der Waals surface area contributed by atoms with E-state index in [1.165, 1.54) is 0 Å². The number of amides is 2. The number of hydrogen-bond acceptors (Lipinski definition) is 6. The summed E-state index contributed by atoms with van der Waals surface area (Å²) in [5, 5.41) is 2.93. The molecular weight excluding hydrogens is 384 g/mol. The number of carbonyl (C=O) groups is 2. The van der Waals surface area contributed by atoms with Gasteiger partial charge >= 0.3 is 0 Å². The van der Waals surface area contributed by atoms with Gasteiger partial charge in [-0.2, -0.15) is 0 Å². The zero-order chi connectivity index (χ0) is 21.1. The lowest BCUT2D eigenvalue weighted by molar-refractivity contribution is -0.122. The predicted molar refractivity (Wildman–Crippen MR) is 110 cm³/mol. The van der Waals surface area contributed by atoms with Crippen LogP contribution < -0.4 is 14.8 Å². The fraction of sp³-hybridized carbons (Fsp3) is 0.409. The Morgan fingerprint density at radius 2 is 2.13 bits per heavy atom. The van der Waals surface area contributed by atoms with E-state index >= 15 is 0 Å². The maximum atomic E-state index is 12.6. The Morgan fingerprint density at radius 1 is 1.30 bits per heavy atom. The molecule has 2 aliphatic rings. The highest BCUT2D eigenvalue weighted by molar-refractivity contribution is 5.98. The molecule has 1 aromatic carbocycles. The van der Waals surface area contributed by atoms with Crippen LogP contribution in [0.15, 0.2) is 30.3 Å². The van der Waals surface area contributed by atoms with E-state index in [-0.39, 0.29) is 24.9 Å². The summed E-state index contributed by atoms with van der Waals surface area (Å²) in [6.45, 7) is 5.46. The van der Waals surface area contributed by atoms with E-state index in [1.807, 2.05) is 31.2 Å². The first-order valence-corrected chi connectivity index (χ1v) is 10.1. The number of benzene rings is 1. The minimum Gasteiger partial charge on any atom is -0.492 e. The first kappa shape index (κ1) is 20.2. The third-order valence-electron chi connectivity index (χ3n) is 5.45. The van der Waals surface area contributed by atoms with Crippen LogP contribution in [0, 0.1) is 0 Å². The van der Waals surface area contributed by atoms with Gasteiger partial charge < -0.3 is 19.7 Å². The van der Waals surface area contributed by atoms with Gasteiger partial charge in [0.25, 0.3) is 5.91 Å². The van der Waals surface area contributed by atoms with Crippen molar-refractivity contribution in [2.75, 3.05) is 33.4 Å². The van der Waals surface area contributed by atoms with Crippen LogP contribution in [0.4, 0.5) is 0 Å². The summed E-state index contributed by atoms with van der Waals surface area (Å²) in [5.41, 5.74) is 3.08. The van der Waals surface area contributed by atoms with Gasteiger partial charge in [0.1, 0.15) is 12.4 Å². The lowest BCUT2D eigenvalue weighted by Crippen LogP contribution is -2.37. The average Bonchev–Trinajstić information content (AvgIpc) is 2.93. The Hall–Kier alpha value is -3.13. The van der Waals surface area contributed by atoms with Gasteiger partial charge in [0.2, 0.25) is 11.8 Å². The Labute approximate surface area is 175 Å². The second-order valence-electron chi connectivity index (χ2n) is 7.41. The number of aromatic nitrogens is 1. The molecule has 1 aromatic heterocycles. The molecule has 0 radical (unpaired) electrons. The summed E-state index contributed by atoms with van der Waals surface area (Å²) in [7, 11) is 1.54. The molecule has 30 heavy (non-hydrogen) atoms. The molecule has 158 valence electrons. The number of methoxy groups -OCH3 is 1. The molecule has 8 heteroatoms. The molecule has 0 saturated heterocycles. The molecule has 0 aliphatic carbocycles. The third kappa shape index (κ3) is 4.09. The van der Waals surface area contributed by atoms with E-state index in [4.69, 9.17) is 9.47 Å². The standard InChI is InChI=1S/C22H26N4O4/c1-3-26-13-18-17(22(26)28)10-16(21(24-18)29-2)11-23-20(27)14-25-8-9-30-19-7-5-4-6-15(19)12-25/h4-7,10H,3,8-9,11-14H2,1-2H3,(H,23,27).